The van der Waals surface area contributed by atoms with Crippen LogP contribution >= 0.6 is 0 Å². The van der Waals surface area contributed by atoms with Gasteiger partial charge in [-0.1, -0.05) is 6.07 Å². The van der Waals surface area contributed by atoms with Crippen molar-refractivity contribution in [2.75, 3.05) is 26.7 Å². The minimum absolute atomic E-state index is 0.0365. The molecule has 0 spiro atoms. The lowest BCUT2D eigenvalue weighted by atomic mass is 10.1. The van der Waals surface area contributed by atoms with Crippen molar-refractivity contribution in [3.63, 3.8) is 0 Å². The maximum atomic E-state index is 12.5. The summed E-state index contributed by atoms with van der Waals surface area (Å²) < 4.78 is 3.42. The van der Waals surface area contributed by atoms with E-state index in [0.29, 0.717) is 13.1 Å². The third-order valence-corrected chi connectivity index (χ3v) is 4.36. The summed E-state index contributed by atoms with van der Waals surface area (Å²) in [5.74, 6) is 0.910. The molecule has 0 aromatic carbocycles. The molecular formula is C16H21N5O2. The largest absolute Gasteiger partial charge is 0.338 e. The molecule has 1 aliphatic rings. The van der Waals surface area contributed by atoms with Crippen molar-refractivity contribution in [1.82, 2.24) is 23.9 Å². The van der Waals surface area contributed by atoms with E-state index < -0.39 is 0 Å². The number of rotatable bonds is 3. The van der Waals surface area contributed by atoms with E-state index in [1.165, 1.54) is 10.6 Å². The molecular weight excluding hydrogens is 294 g/mol. The number of carbonyl (C=O) groups excluding carboxylic acids is 1. The summed E-state index contributed by atoms with van der Waals surface area (Å²) in [4.78, 5) is 32.7. The molecule has 1 fully saturated rings. The monoisotopic (exact) mass is 315 g/mol. The normalized spacial score (nSPS) is 19.0. The predicted molar refractivity (Wildman–Crippen MR) is 85.9 cm³/mol. The Morgan fingerprint density at radius 1 is 1.26 bits per heavy atom. The van der Waals surface area contributed by atoms with Crippen molar-refractivity contribution in [1.29, 1.82) is 0 Å². The predicted octanol–water partition coefficient (Wildman–Crippen LogP) is 0.0971. The maximum Gasteiger partial charge on any atom is 0.250 e. The standard InChI is InChI=1S/C16H21N5O2/c1-18-9-10-21(11-13(18)16-17-6-8-19(16)2)15(23)12-20-7-4-3-5-14(20)22/h3-8,13H,9-12H2,1-2H3/t13-/m1/s1. The quantitative estimate of drug-likeness (QED) is 0.806. The van der Waals surface area contributed by atoms with Crippen LogP contribution in [0.25, 0.3) is 0 Å². The molecule has 0 unspecified atom stereocenters. The first-order valence-electron chi connectivity index (χ1n) is 7.67. The highest BCUT2D eigenvalue weighted by Gasteiger charge is 2.30. The third-order valence-electron chi connectivity index (χ3n) is 4.36. The summed E-state index contributed by atoms with van der Waals surface area (Å²) in [7, 11) is 4.00. The Morgan fingerprint density at radius 2 is 2.09 bits per heavy atom. The lowest BCUT2D eigenvalue weighted by molar-refractivity contribution is -0.134. The SMILES string of the molecule is CN1CCN(C(=O)Cn2ccccc2=O)C[C@@H]1c1nccn1C. The van der Waals surface area contributed by atoms with Gasteiger partial charge in [-0.15, -0.1) is 0 Å². The number of piperazine rings is 1. The Hall–Kier alpha value is -2.41. The molecule has 3 rings (SSSR count). The van der Waals surface area contributed by atoms with Gasteiger partial charge in [0.25, 0.3) is 5.56 Å². The summed E-state index contributed by atoms with van der Waals surface area (Å²) in [6.07, 6.45) is 5.33. The number of nitrogens with zero attached hydrogens (tertiary/aromatic N) is 5. The fraction of sp³-hybridized carbons (Fsp3) is 0.438. The van der Waals surface area contributed by atoms with Gasteiger partial charge in [0.15, 0.2) is 0 Å². The van der Waals surface area contributed by atoms with Crippen molar-refractivity contribution in [2.45, 2.75) is 12.6 Å². The van der Waals surface area contributed by atoms with Gasteiger partial charge in [-0.2, -0.15) is 0 Å². The molecule has 0 N–H and O–H groups in total. The Labute approximate surface area is 134 Å². The molecule has 0 aliphatic carbocycles. The fourth-order valence-electron chi connectivity index (χ4n) is 2.91. The van der Waals surface area contributed by atoms with Gasteiger partial charge in [-0.25, -0.2) is 4.98 Å². The summed E-state index contributed by atoms with van der Waals surface area (Å²) in [6, 6.07) is 4.97. The molecule has 2 aromatic rings. The van der Waals surface area contributed by atoms with Crippen LogP contribution in [0.1, 0.15) is 11.9 Å². The van der Waals surface area contributed by atoms with Gasteiger partial charge in [0.1, 0.15) is 12.4 Å². The van der Waals surface area contributed by atoms with Gasteiger partial charge in [0, 0.05) is 51.3 Å². The molecule has 7 heteroatoms. The zero-order valence-electron chi connectivity index (χ0n) is 13.4. The van der Waals surface area contributed by atoms with Crippen LogP contribution in [0.4, 0.5) is 0 Å². The second-order valence-corrected chi connectivity index (χ2v) is 5.90. The second kappa shape index (κ2) is 6.37. The minimum Gasteiger partial charge on any atom is -0.338 e. The van der Waals surface area contributed by atoms with Crippen LogP contribution in [-0.2, 0) is 18.4 Å². The number of likely N-dealkylation sites (N-methyl/N-ethyl adjacent to an activating group) is 1. The van der Waals surface area contributed by atoms with Crippen LogP contribution in [0, 0.1) is 0 Å². The molecule has 7 nitrogen and oxygen atoms in total. The Morgan fingerprint density at radius 3 is 2.78 bits per heavy atom. The number of hydrogen-bond acceptors (Lipinski definition) is 4. The topological polar surface area (TPSA) is 63.4 Å². The molecule has 1 atom stereocenters. The van der Waals surface area contributed by atoms with E-state index in [1.807, 2.05) is 29.8 Å². The number of imidazole rings is 1. The number of pyridine rings is 1. The van der Waals surface area contributed by atoms with Gasteiger partial charge in [-0.3, -0.25) is 14.5 Å². The summed E-state index contributed by atoms with van der Waals surface area (Å²) in [5, 5.41) is 0. The number of aryl methyl sites for hydroxylation is 1. The average Bonchev–Trinajstić information content (AvgIpc) is 2.96. The lowest BCUT2D eigenvalue weighted by Crippen LogP contribution is -2.50. The molecule has 3 heterocycles. The highest BCUT2D eigenvalue weighted by Crippen LogP contribution is 2.22. The third kappa shape index (κ3) is 3.19. The van der Waals surface area contributed by atoms with E-state index in [1.54, 1.807) is 24.5 Å². The summed E-state index contributed by atoms with van der Waals surface area (Å²) in [5.41, 5.74) is -0.157. The van der Waals surface area contributed by atoms with Gasteiger partial charge in [0.05, 0.1) is 6.04 Å². The Bertz CT molecular complexity index is 751. The van der Waals surface area contributed by atoms with Gasteiger partial charge in [-0.05, 0) is 13.1 Å². The van der Waals surface area contributed by atoms with Crippen LogP contribution in [0.3, 0.4) is 0 Å². The maximum absolute atomic E-state index is 12.5. The Balaban J connectivity index is 1.73. The number of carbonyl (C=O) groups is 1. The van der Waals surface area contributed by atoms with Gasteiger partial charge >= 0.3 is 0 Å². The first-order chi connectivity index (χ1) is 11.1. The second-order valence-electron chi connectivity index (χ2n) is 5.90. The first kappa shape index (κ1) is 15.5. The number of amides is 1. The van der Waals surface area contributed by atoms with E-state index in [9.17, 15) is 9.59 Å². The van der Waals surface area contributed by atoms with Crippen molar-refractivity contribution in [3.8, 4) is 0 Å². The number of hydrogen-bond donors (Lipinski definition) is 0. The fourth-order valence-corrected chi connectivity index (χ4v) is 2.91. The molecule has 2 aromatic heterocycles. The molecule has 1 aliphatic heterocycles. The van der Waals surface area contributed by atoms with E-state index in [4.69, 9.17) is 0 Å². The molecule has 1 amide bonds. The molecule has 122 valence electrons. The summed E-state index contributed by atoms with van der Waals surface area (Å²) >= 11 is 0. The number of aromatic nitrogens is 3. The van der Waals surface area contributed by atoms with Crippen LogP contribution in [0.5, 0.6) is 0 Å². The van der Waals surface area contributed by atoms with Gasteiger partial charge in [0.2, 0.25) is 5.91 Å². The van der Waals surface area contributed by atoms with Crippen molar-refractivity contribution < 1.29 is 4.79 Å². The van der Waals surface area contributed by atoms with Crippen molar-refractivity contribution in [2.24, 2.45) is 7.05 Å². The van der Waals surface area contributed by atoms with Crippen LogP contribution in [0.15, 0.2) is 41.6 Å². The lowest BCUT2D eigenvalue weighted by Gasteiger charge is -2.39. The van der Waals surface area contributed by atoms with Crippen LogP contribution in [0.2, 0.25) is 0 Å². The zero-order chi connectivity index (χ0) is 16.4. The highest BCUT2D eigenvalue weighted by atomic mass is 16.2. The van der Waals surface area contributed by atoms with E-state index >= 15 is 0 Å². The van der Waals surface area contributed by atoms with Gasteiger partial charge < -0.3 is 14.0 Å². The molecule has 0 radical (unpaired) electrons. The van der Waals surface area contributed by atoms with E-state index in [2.05, 4.69) is 9.88 Å². The van der Waals surface area contributed by atoms with Crippen LogP contribution in [-0.4, -0.2) is 56.5 Å². The smallest absolute Gasteiger partial charge is 0.250 e. The Kier molecular flexibility index (Phi) is 4.29. The molecule has 0 saturated carbocycles. The first-order valence-corrected chi connectivity index (χ1v) is 7.67. The van der Waals surface area contributed by atoms with Crippen molar-refractivity contribution >= 4 is 5.91 Å². The van der Waals surface area contributed by atoms with Crippen LogP contribution < -0.4 is 5.56 Å². The van der Waals surface area contributed by atoms with E-state index in [0.717, 1.165) is 12.4 Å². The average molecular weight is 315 g/mol. The zero-order valence-corrected chi connectivity index (χ0v) is 13.4. The van der Waals surface area contributed by atoms with E-state index in [-0.39, 0.29) is 24.1 Å². The molecule has 1 saturated heterocycles. The van der Waals surface area contributed by atoms with Crippen molar-refractivity contribution in [3.05, 3.63) is 53.0 Å². The minimum atomic E-state index is -0.157. The molecule has 0 bridgehead atoms. The summed E-state index contributed by atoms with van der Waals surface area (Å²) in [6.45, 7) is 2.11. The molecule has 23 heavy (non-hydrogen) atoms. The highest BCUT2D eigenvalue weighted by molar-refractivity contribution is 5.76.